The fourth-order valence-electron chi connectivity index (χ4n) is 2.58. The van der Waals surface area contributed by atoms with E-state index in [1.807, 2.05) is 29.2 Å². The number of rotatable bonds is 0. The first-order chi connectivity index (χ1) is 9.16. The molecule has 1 saturated heterocycles. The van der Waals surface area contributed by atoms with Crippen molar-refractivity contribution in [2.75, 3.05) is 13.1 Å². The molecule has 1 aliphatic heterocycles. The van der Waals surface area contributed by atoms with Crippen LogP contribution in [0, 0.1) is 11.8 Å². The Hall–Kier alpha value is -1.91. The molecule has 1 fully saturated rings. The molecule has 0 aliphatic carbocycles. The second kappa shape index (κ2) is 4.64. The van der Waals surface area contributed by atoms with E-state index in [0.29, 0.717) is 11.8 Å². The molecule has 19 heavy (non-hydrogen) atoms. The number of carbonyl (C=O) groups is 1. The van der Waals surface area contributed by atoms with Crippen LogP contribution in [-0.2, 0) is 0 Å². The number of amides is 1. The number of piperidine rings is 1. The van der Waals surface area contributed by atoms with Crippen LogP contribution in [0.5, 0.6) is 0 Å². The highest BCUT2D eigenvalue weighted by Gasteiger charge is 2.27. The van der Waals surface area contributed by atoms with Gasteiger partial charge in [-0.1, -0.05) is 31.2 Å². The minimum Gasteiger partial charge on any atom is -0.323 e. The molecule has 100 valence electrons. The average Bonchev–Trinajstić information content (AvgIpc) is 2.85. The fraction of sp³-hybridized carbons (Fsp3) is 0.500. The van der Waals surface area contributed by atoms with E-state index in [1.165, 1.54) is 4.68 Å². The first-order valence-electron chi connectivity index (χ1n) is 6.76. The Bertz CT molecular complexity index is 606. The highest BCUT2D eigenvalue weighted by Crippen LogP contribution is 2.23. The van der Waals surface area contributed by atoms with Crippen LogP contribution in [-0.4, -0.2) is 39.0 Å². The molecule has 2 aromatic rings. The number of likely N-dealkylation sites (tertiary alicyclic amines) is 1. The standard InChI is InChI=1S/C14H18N4O/c1-10-7-8-17(9-11(10)2)14(19)18-13-6-4-3-5-12(13)15-16-18/h3-6,10-11H,7-9H2,1-2H3. The number of aromatic nitrogens is 3. The maximum atomic E-state index is 12.5. The van der Waals surface area contributed by atoms with E-state index < -0.39 is 0 Å². The number of hydrogen-bond donors (Lipinski definition) is 0. The molecule has 0 N–H and O–H groups in total. The third-order valence-corrected chi connectivity index (χ3v) is 4.14. The Kier molecular flexibility index (Phi) is 2.97. The topological polar surface area (TPSA) is 51.0 Å². The summed E-state index contributed by atoms with van der Waals surface area (Å²) in [5, 5.41) is 8.02. The third-order valence-electron chi connectivity index (χ3n) is 4.14. The van der Waals surface area contributed by atoms with Crippen molar-refractivity contribution in [1.29, 1.82) is 0 Å². The molecule has 0 bridgehead atoms. The minimum absolute atomic E-state index is 0.0625. The summed E-state index contributed by atoms with van der Waals surface area (Å²) in [6.07, 6.45) is 1.06. The molecule has 1 aliphatic rings. The quantitative estimate of drug-likeness (QED) is 0.729. The van der Waals surface area contributed by atoms with Gasteiger partial charge in [-0.2, -0.15) is 4.68 Å². The number of para-hydroxylation sites is 1. The lowest BCUT2D eigenvalue weighted by Gasteiger charge is -2.34. The van der Waals surface area contributed by atoms with Crippen LogP contribution >= 0.6 is 0 Å². The molecule has 2 atom stereocenters. The number of nitrogens with zero attached hydrogens (tertiary/aromatic N) is 4. The summed E-state index contributed by atoms with van der Waals surface area (Å²) < 4.78 is 1.41. The van der Waals surface area contributed by atoms with Crippen molar-refractivity contribution in [2.45, 2.75) is 20.3 Å². The molecule has 2 heterocycles. The molecule has 3 rings (SSSR count). The maximum absolute atomic E-state index is 12.5. The van der Waals surface area contributed by atoms with E-state index in [1.54, 1.807) is 0 Å². The van der Waals surface area contributed by atoms with E-state index in [0.717, 1.165) is 30.5 Å². The molecular weight excluding hydrogens is 240 g/mol. The van der Waals surface area contributed by atoms with Gasteiger partial charge in [0.05, 0.1) is 5.52 Å². The monoisotopic (exact) mass is 258 g/mol. The van der Waals surface area contributed by atoms with Crippen molar-refractivity contribution in [3.05, 3.63) is 24.3 Å². The normalized spacial score (nSPS) is 23.8. The number of fused-ring (bicyclic) bond motifs is 1. The van der Waals surface area contributed by atoms with Crippen molar-refractivity contribution in [1.82, 2.24) is 19.9 Å². The second-order valence-corrected chi connectivity index (χ2v) is 5.46. The van der Waals surface area contributed by atoms with Gasteiger partial charge in [0.2, 0.25) is 0 Å². The smallest absolute Gasteiger partial charge is 0.323 e. The molecule has 1 aromatic heterocycles. The minimum atomic E-state index is -0.0625. The second-order valence-electron chi connectivity index (χ2n) is 5.46. The molecule has 0 spiro atoms. The molecule has 1 amide bonds. The lowest BCUT2D eigenvalue weighted by Crippen LogP contribution is -2.44. The fourth-order valence-corrected chi connectivity index (χ4v) is 2.58. The first kappa shape index (κ1) is 12.1. The summed E-state index contributed by atoms with van der Waals surface area (Å²) in [5.41, 5.74) is 1.54. The van der Waals surface area contributed by atoms with Crippen molar-refractivity contribution in [2.24, 2.45) is 11.8 Å². The van der Waals surface area contributed by atoms with Gasteiger partial charge in [-0.15, -0.1) is 5.10 Å². The predicted octanol–water partition coefficient (Wildman–Crippen LogP) is 2.38. The van der Waals surface area contributed by atoms with E-state index in [-0.39, 0.29) is 6.03 Å². The Morgan fingerprint density at radius 3 is 2.84 bits per heavy atom. The predicted molar refractivity (Wildman–Crippen MR) is 72.8 cm³/mol. The van der Waals surface area contributed by atoms with Crippen LogP contribution in [0.25, 0.3) is 11.0 Å². The van der Waals surface area contributed by atoms with E-state index in [4.69, 9.17) is 0 Å². The maximum Gasteiger partial charge on any atom is 0.346 e. The molecule has 5 heteroatoms. The lowest BCUT2D eigenvalue weighted by atomic mass is 9.89. The van der Waals surface area contributed by atoms with E-state index >= 15 is 0 Å². The Balaban J connectivity index is 1.88. The molecular formula is C14H18N4O. The van der Waals surface area contributed by atoms with Gasteiger partial charge < -0.3 is 4.90 Å². The number of benzene rings is 1. The molecule has 0 saturated carbocycles. The third kappa shape index (κ3) is 2.09. The lowest BCUT2D eigenvalue weighted by molar-refractivity contribution is 0.144. The van der Waals surface area contributed by atoms with E-state index in [2.05, 4.69) is 24.2 Å². The zero-order valence-corrected chi connectivity index (χ0v) is 11.3. The molecule has 0 radical (unpaired) electrons. The van der Waals surface area contributed by atoms with Gasteiger partial charge >= 0.3 is 6.03 Å². The van der Waals surface area contributed by atoms with Gasteiger partial charge in [-0.25, -0.2) is 4.79 Å². The number of hydrogen-bond acceptors (Lipinski definition) is 3. The summed E-state index contributed by atoms with van der Waals surface area (Å²) in [5.74, 6) is 1.21. The largest absolute Gasteiger partial charge is 0.346 e. The van der Waals surface area contributed by atoms with Crippen molar-refractivity contribution in [3.63, 3.8) is 0 Å². The summed E-state index contributed by atoms with van der Waals surface area (Å²) in [4.78, 5) is 14.4. The molecule has 2 unspecified atom stereocenters. The van der Waals surface area contributed by atoms with Crippen LogP contribution in [0.3, 0.4) is 0 Å². The average molecular weight is 258 g/mol. The number of carbonyl (C=O) groups excluding carboxylic acids is 1. The zero-order valence-electron chi connectivity index (χ0n) is 11.3. The summed E-state index contributed by atoms with van der Waals surface area (Å²) in [6.45, 7) is 6.05. The highest BCUT2D eigenvalue weighted by atomic mass is 16.2. The first-order valence-corrected chi connectivity index (χ1v) is 6.76. The van der Waals surface area contributed by atoms with Crippen LogP contribution in [0.4, 0.5) is 4.79 Å². The van der Waals surface area contributed by atoms with Gasteiger partial charge in [0.1, 0.15) is 5.52 Å². The van der Waals surface area contributed by atoms with Gasteiger partial charge in [-0.05, 0) is 30.4 Å². The Labute approximate surface area is 112 Å². The Morgan fingerprint density at radius 1 is 1.26 bits per heavy atom. The highest BCUT2D eigenvalue weighted by molar-refractivity contribution is 5.87. The van der Waals surface area contributed by atoms with Gasteiger partial charge in [-0.3, -0.25) is 0 Å². The van der Waals surface area contributed by atoms with Crippen LogP contribution in [0.1, 0.15) is 20.3 Å². The van der Waals surface area contributed by atoms with Crippen LogP contribution < -0.4 is 0 Å². The molecule has 1 aromatic carbocycles. The van der Waals surface area contributed by atoms with Crippen LogP contribution in [0.2, 0.25) is 0 Å². The van der Waals surface area contributed by atoms with Crippen LogP contribution in [0.15, 0.2) is 24.3 Å². The van der Waals surface area contributed by atoms with Crippen molar-refractivity contribution >= 4 is 17.1 Å². The van der Waals surface area contributed by atoms with Crippen molar-refractivity contribution < 1.29 is 4.79 Å². The summed E-state index contributed by atoms with van der Waals surface area (Å²) >= 11 is 0. The van der Waals surface area contributed by atoms with Gasteiger partial charge in [0, 0.05) is 13.1 Å². The molecule has 5 nitrogen and oxygen atoms in total. The SMILES string of the molecule is CC1CCN(C(=O)n2nnc3ccccc32)CC1C. The van der Waals surface area contributed by atoms with Crippen molar-refractivity contribution in [3.8, 4) is 0 Å². The Morgan fingerprint density at radius 2 is 2.05 bits per heavy atom. The summed E-state index contributed by atoms with van der Waals surface area (Å²) in [6, 6.07) is 7.48. The van der Waals surface area contributed by atoms with Gasteiger partial charge in [0.25, 0.3) is 0 Å². The zero-order chi connectivity index (χ0) is 13.4. The van der Waals surface area contributed by atoms with E-state index in [9.17, 15) is 4.79 Å². The van der Waals surface area contributed by atoms with Gasteiger partial charge in [0.15, 0.2) is 0 Å². The summed E-state index contributed by atoms with van der Waals surface area (Å²) in [7, 11) is 0.